The monoisotopic (exact) mass is 630 g/mol. The molecule has 0 spiro atoms. The molecule has 4 N–H and O–H groups in total. The molecule has 40 heavy (non-hydrogen) atoms. The fourth-order valence-corrected chi connectivity index (χ4v) is 6.43. The van der Waals surface area contributed by atoms with Crippen molar-refractivity contribution >= 4 is 71.8 Å². The van der Waals surface area contributed by atoms with Gasteiger partial charge >= 0.3 is 0 Å². The summed E-state index contributed by atoms with van der Waals surface area (Å²) in [6, 6.07) is 9.47. The summed E-state index contributed by atoms with van der Waals surface area (Å²) >= 11 is 6.06. The van der Waals surface area contributed by atoms with Crippen molar-refractivity contribution in [3.05, 3.63) is 41.2 Å². The highest BCUT2D eigenvalue weighted by molar-refractivity contribution is 6.30. The van der Waals surface area contributed by atoms with Crippen LogP contribution >= 0.6 is 48.8 Å². The van der Waals surface area contributed by atoms with Crippen LogP contribution in [0.3, 0.4) is 0 Å². The first-order valence-electron chi connectivity index (χ1n) is 14.1. The molecule has 2 aromatic heterocycles. The largest absolute Gasteiger partial charge is 0.351 e. The van der Waals surface area contributed by atoms with Crippen LogP contribution in [0.4, 0.5) is 11.8 Å². The Bertz CT molecular complexity index is 1180. The van der Waals surface area contributed by atoms with Gasteiger partial charge in [0.05, 0.1) is 6.33 Å². The lowest BCUT2D eigenvalue weighted by atomic mass is 9.91. The van der Waals surface area contributed by atoms with E-state index in [0.29, 0.717) is 30.0 Å². The zero-order valence-electron chi connectivity index (χ0n) is 22.8. The van der Waals surface area contributed by atoms with Crippen LogP contribution in [0.1, 0.15) is 75.8 Å². The number of nitrogens with one attached hydrogen (secondary N) is 2. The molecule has 1 saturated heterocycles. The van der Waals surface area contributed by atoms with Crippen molar-refractivity contribution in [3.63, 3.8) is 0 Å². The van der Waals surface area contributed by atoms with Crippen molar-refractivity contribution in [2.24, 2.45) is 11.7 Å². The number of hydrazine groups is 1. The zero-order valence-corrected chi connectivity index (χ0v) is 26.0. The first kappa shape index (κ1) is 33.0. The summed E-state index contributed by atoms with van der Waals surface area (Å²) < 4.78 is 2.29. The van der Waals surface area contributed by atoms with Crippen LogP contribution in [0.2, 0.25) is 5.02 Å². The second kappa shape index (κ2) is 15.1. The lowest BCUT2D eigenvalue weighted by molar-refractivity contribution is 0.216. The number of aromatic nitrogens is 4. The number of piperidine rings is 1. The van der Waals surface area contributed by atoms with E-state index < -0.39 is 0 Å². The van der Waals surface area contributed by atoms with Gasteiger partial charge in [-0.3, -0.25) is 0 Å². The van der Waals surface area contributed by atoms with Gasteiger partial charge in [-0.2, -0.15) is 9.97 Å². The molecule has 2 saturated carbocycles. The Labute approximate surface area is 260 Å². The maximum Gasteiger partial charge on any atom is 0.227 e. The molecular weight excluding hydrogens is 590 g/mol. The van der Waals surface area contributed by atoms with Gasteiger partial charge in [0.1, 0.15) is 0 Å². The Kier molecular flexibility index (Phi) is 12.4. The Hall–Kier alpha value is -1.55. The van der Waals surface area contributed by atoms with Gasteiger partial charge in [0.15, 0.2) is 17.0 Å². The van der Waals surface area contributed by atoms with Gasteiger partial charge in [-0.15, -0.1) is 37.2 Å². The minimum absolute atomic E-state index is 0. The molecule has 3 heterocycles. The second-order valence-corrected chi connectivity index (χ2v) is 11.7. The second-order valence-electron chi connectivity index (χ2n) is 11.3. The quantitative estimate of drug-likeness (QED) is 0.263. The standard InChI is InChI=1S/C28H39ClN8.3ClH/c29-21-7-5-19(6-8-21)17-20-13-15-36(16-14-20)35-26-25-27(37(18-31-25)24-3-1-2-4-24)34-28(33-26)32-23-11-9-22(30)10-12-23;;;/h5-8,18,20,22-24H,1-4,9-17,30H2,(H2,32,33,34,35);3*1H. The van der Waals surface area contributed by atoms with Gasteiger partial charge in [0.2, 0.25) is 5.95 Å². The Morgan fingerprint density at radius 3 is 2.23 bits per heavy atom. The number of halogens is 4. The van der Waals surface area contributed by atoms with E-state index >= 15 is 0 Å². The van der Waals surface area contributed by atoms with Crippen LogP contribution in [0.5, 0.6) is 0 Å². The number of hydrogen-bond donors (Lipinski definition) is 3. The van der Waals surface area contributed by atoms with Crippen LogP contribution < -0.4 is 16.5 Å². The van der Waals surface area contributed by atoms with E-state index in [-0.39, 0.29) is 37.2 Å². The smallest absolute Gasteiger partial charge is 0.227 e. The van der Waals surface area contributed by atoms with Crippen molar-refractivity contribution in [2.45, 2.75) is 88.8 Å². The Morgan fingerprint density at radius 2 is 1.55 bits per heavy atom. The van der Waals surface area contributed by atoms with Crippen molar-refractivity contribution in [1.29, 1.82) is 0 Å². The lowest BCUT2D eigenvalue weighted by Crippen LogP contribution is -2.39. The number of rotatable bonds is 7. The fourth-order valence-electron chi connectivity index (χ4n) is 6.31. The zero-order chi connectivity index (χ0) is 25.2. The molecule has 3 aromatic rings. The average molecular weight is 633 g/mol. The molecule has 1 aliphatic heterocycles. The molecule has 0 bridgehead atoms. The van der Waals surface area contributed by atoms with Crippen LogP contribution in [0, 0.1) is 5.92 Å². The molecule has 0 atom stereocenters. The van der Waals surface area contributed by atoms with Crippen LogP contribution in [-0.2, 0) is 6.42 Å². The number of imidazole rings is 1. The topological polar surface area (TPSA) is 96.9 Å². The number of benzene rings is 1. The Morgan fingerprint density at radius 1 is 0.875 bits per heavy atom. The third-order valence-corrected chi connectivity index (χ3v) is 8.81. The van der Waals surface area contributed by atoms with E-state index in [1.54, 1.807) is 0 Å². The van der Waals surface area contributed by atoms with Gasteiger partial charge < -0.3 is 21.0 Å². The van der Waals surface area contributed by atoms with E-state index in [1.165, 1.54) is 31.2 Å². The third-order valence-electron chi connectivity index (χ3n) is 8.56. The SMILES string of the molecule is Cl.Cl.Cl.NC1CCC(Nc2nc(NN3CCC(Cc4ccc(Cl)cc4)CC3)c3ncn(C4CCCC4)c3n2)CC1. The van der Waals surface area contributed by atoms with Gasteiger partial charge in [0, 0.05) is 36.2 Å². The molecule has 12 heteroatoms. The molecule has 1 aromatic carbocycles. The van der Waals surface area contributed by atoms with Gasteiger partial charge in [-0.1, -0.05) is 36.6 Å². The highest BCUT2D eigenvalue weighted by atomic mass is 35.5. The van der Waals surface area contributed by atoms with Crippen molar-refractivity contribution in [1.82, 2.24) is 24.5 Å². The summed E-state index contributed by atoms with van der Waals surface area (Å²) in [7, 11) is 0. The summed E-state index contributed by atoms with van der Waals surface area (Å²) in [5.41, 5.74) is 12.9. The number of hydrogen-bond acceptors (Lipinski definition) is 7. The van der Waals surface area contributed by atoms with Crippen molar-refractivity contribution in [3.8, 4) is 0 Å². The molecular formula is C28H42Cl4N8. The molecule has 0 unspecified atom stereocenters. The maximum atomic E-state index is 6.14. The minimum Gasteiger partial charge on any atom is -0.351 e. The summed E-state index contributed by atoms with van der Waals surface area (Å²) in [6.07, 6.45) is 14.6. The highest BCUT2D eigenvalue weighted by Gasteiger charge is 2.26. The predicted octanol–water partition coefficient (Wildman–Crippen LogP) is 6.82. The summed E-state index contributed by atoms with van der Waals surface area (Å²) in [6.45, 7) is 1.97. The first-order chi connectivity index (χ1) is 18.1. The first-order valence-corrected chi connectivity index (χ1v) is 14.5. The molecule has 3 aliphatic rings. The van der Waals surface area contributed by atoms with Crippen LogP contribution in [-0.4, -0.2) is 49.7 Å². The van der Waals surface area contributed by atoms with Crippen molar-refractivity contribution < 1.29 is 0 Å². The fraction of sp³-hybridized carbons (Fsp3) is 0.607. The number of nitrogens with two attached hydrogens (primary N) is 1. The van der Waals surface area contributed by atoms with E-state index in [0.717, 1.165) is 80.0 Å². The molecule has 2 aliphatic carbocycles. The Balaban J connectivity index is 0.00000147. The normalized spacial score (nSPS) is 22.2. The number of nitrogens with zero attached hydrogens (tertiary/aromatic N) is 5. The highest BCUT2D eigenvalue weighted by Crippen LogP contribution is 2.34. The molecule has 3 fully saturated rings. The summed E-state index contributed by atoms with van der Waals surface area (Å²) in [5, 5.41) is 6.74. The van der Waals surface area contributed by atoms with E-state index in [4.69, 9.17) is 32.3 Å². The lowest BCUT2D eigenvalue weighted by Gasteiger charge is -2.32. The van der Waals surface area contributed by atoms with Gasteiger partial charge in [-0.25, -0.2) is 9.99 Å². The number of anilines is 2. The van der Waals surface area contributed by atoms with E-state index in [2.05, 4.69) is 32.5 Å². The molecule has 0 radical (unpaired) electrons. The van der Waals surface area contributed by atoms with Crippen LogP contribution in [0.15, 0.2) is 30.6 Å². The summed E-state index contributed by atoms with van der Waals surface area (Å²) in [5.74, 6) is 2.20. The van der Waals surface area contributed by atoms with E-state index in [1.807, 2.05) is 18.5 Å². The summed E-state index contributed by atoms with van der Waals surface area (Å²) in [4.78, 5) is 14.7. The predicted molar refractivity (Wildman–Crippen MR) is 172 cm³/mol. The molecule has 0 amide bonds. The minimum atomic E-state index is 0. The third kappa shape index (κ3) is 7.84. The molecule has 8 nitrogen and oxygen atoms in total. The van der Waals surface area contributed by atoms with E-state index in [9.17, 15) is 0 Å². The number of fused-ring (bicyclic) bond motifs is 1. The molecule has 6 rings (SSSR count). The van der Waals surface area contributed by atoms with Crippen molar-refractivity contribution in [2.75, 3.05) is 23.8 Å². The average Bonchev–Trinajstić information content (AvgIpc) is 3.58. The van der Waals surface area contributed by atoms with Gasteiger partial charge in [-0.05, 0) is 81.4 Å². The maximum absolute atomic E-state index is 6.14. The van der Waals surface area contributed by atoms with Crippen LogP contribution in [0.25, 0.3) is 11.2 Å². The van der Waals surface area contributed by atoms with Gasteiger partial charge in [0.25, 0.3) is 0 Å². The molecule has 222 valence electrons.